The van der Waals surface area contributed by atoms with E-state index in [1.807, 2.05) is 6.07 Å². The number of benzene rings is 1. The highest BCUT2D eigenvalue weighted by Crippen LogP contribution is 2.29. The topological polar surface area (TPSA) is 60.1 Å². The zero-order valence-electron chi connectivity index (χ0n) is 18.0. The van der Waals surface area contributed by atoms with E-state index in [0.29, 0.717) is 6.04 Å². The number of aliphatic imine (C=N–C) groups is 1. The first-order valence-electron chi connectivity index (χ1n) is 10.7. The molecule has 8 heteroatoms. The monoisotopic (exact) mass is 524 g/mol. The Morgan fingerprint density at radius 2 is 1.97 bits per heavy atom. The molecule has 30 heavy (non-hydrogen) atoms. The number of aromatic nitrogens is 1. The lowest BCUT2D eigenvalue weighted by Crippen LogP contribution is -2.52. The molecule has 1 unspecified atom stereocenters. The molecule has 1 aromatic carbocycles. The second kappa shape index (κ2) is 11.0. The highest BCUT2D eigenvalue weighted by Gasteiger charge is 2.24. The van der Waals surface area contributed by atoms with Crippen LogP contribution in [0.5, 0.6) is 0 Å². The Kier molecular flexibility index (Phi) is 8.38. The van der Waals surface area contributed by atoms with Crippen LogP contribution in [0.4, 0.5) is 5.69 Å². The molecule has 4 rings (SSSR count). The molecule has 7 nitrogen and oxygen atoms in total. The lowest BCUT2D eigenvalue weighted by molar-refractivity contribution is 0.169. The maximum Gasteiger partial charge on any atom is 0.194 e. The number of nitrogens with zero attached hydrogens (tertiary/aromatic N) is 5. The zero-order valence-corrected chi connectivity index (χ0v) is 20.3. The summed E-state index contributed by atoms with van der Waals surface area (Å²) in [6, 6.07) is 11.1. The van der Waals surface area contributed by atoms with Gasteiger partial charge in [-0.1, -0.05) is 23.4 Å². The van der Waals surface area contributed by atoms with Crippen molar-refractivity contribution in [1.29, 1.82) is 0 Å². The van der Waals surface area contributed by atoms with Crippen LogP contribution in [0.25, 0.3) is 0 Å². The van der Waals surface area contributed by atoms with E-state index >= 15 is 0 Å². The van der Waals surface area contributed by atoms with Crippen LogP contribution in [0.2, 0.25) is 0 Å². The molecule has 3 heterocycles. The van der Waals surface area contributed by atoms with Gasteiger partial charge in [-0.05, 0) is 31.9 Å². The normalized spacial score (nSPS) is 18.1. The number of fused-ring (bicyclic) bond motifs is 1. The van der Waals surface area contributed by atoms with Gasteiger partial charge in [0.25, 0.3) is 0 Å². The van der Waals surface area contributed by atoms with Crippen molar-refractivity contribution in [2.45, 2.75) is 32.9 Å². The molecular formula is C22H33IN6O. The number of piperazine rings is 1. The highest BCUT2D eigenvalue weighted by molar-refractivity contribution is 14.0. The Hall–Kier alpha value is -1.81. The average Bonchev–Trinajstić information content (AvgIpc) is 3.41. The van der Waals surface area contributed by atoms with Gasteiger partial charge in [-0.2, -0.15) is 0 Å². The third-order valence-corrected chi connectivity index (χ3v) is 5.84. The van der Waals surface area contributed by atoms with Crippen molar-refractivity contribution in [2.75, 3.05) is 50.7 Å². The number of nitrogens with one attached hydrogen (secondary N) is 1. The summed E-state index contributed by atoms with van der Waals surface area (Å²) in [4.78, 5) is 12.3. The Morgan fingerprint density at radius 1 is 1.17 bits per heavy atom. The third kappa shape index (κ3) is 5.46. The molecule has 0 saturated carbocycles. The Bertz CT molecular complexity index is 804. The summed E-state index contributed by atoms with van der Waals surface area (Å²) >= 11 is 0. The second-order valence-corrected chi connectivity index (χ2v) is 7.87. The Morgan fingerprint density at radius 3 is 2.70 bits per heavy atom. The zero-order chi connectivity index (χ0) is 20.1. The van der Waals surface area contributed by atoms with Crippen LogP contribution in [0.15, 0.2) is 46.1 Å². The third-order valence-electron chi connectivity index (χ3n) is 5.84. The lowest BCUT2D eigenvalue weighted by Gasteiger charge is -2.36. The van der Waals surface area contributed by atoms with Crippen molar-refractivity contribution < 1.29 is 4.52 Å². The Balaban J connectivity index is 0.00000256. The first kappa shape index (κ1) is 22.9. The predicted molar refractivity (Wildman–Crippen MR) is 132 cm³/mol. The van der Waals surface area contributed by atoms with Gasteiger partial charge < -0.3 is 19.6 Å². The van der Waals surface area contributed by atoms with E-state index in [1.54, 1.807) is 6.26 Å². The molecule has 1 N–H and O–H groups in total. The number of halogens is 1. The van der Waals surface area contributed by atoms with Crippen LogP contribution in [-0.4, -0.2) is 72.8 Å². The first-order valence-corrected chi connectivity index (χ1v) is 10.7. The van der Waals surface area contributed by atoms with Crippen LogP contribution in [0.3, 0.4) is 0 Å². The number of hydrogen-bond donors (Lipinski definition) is 1. The first-order chi connectivity index (χ1) is 14.2. The number of rotatable bonds is 6. The van der Waals surface area contributed by atoms with E-state index in [4.69, 9.17) is 9.52 Å². The minimum atomic E-state index is 0. The molecule has 1 atom stereocenters. The largest absolute Gasteiger partial charge is 0.366 e. The van der Waals surface area contributed by atoms with Crippen molar-refractivity contribution in [2.24, 2.45) is 4.99 Å². The molecule has 1 saturated heterocycles. The summed E-state index contributed by atoms with van der Waals surface area (Å²) < 4.78 is 4.95. The SMILES string of the molecule is CCNC(=NCC(C)N1CCc2ccccc21)N1CCN(Cc2ccon2)CC1.I. The summed E-state index contributed by atoms with van der Waals surface area (Å²) in [7, 11) is 0. The van der Waals surface area contributed by atoms with Crippen LogP contribution in [0, 0.1) is 0 Å². The molecule has 0 aliphatic carbocycles. The van der Waals surface area contributed by atoms with E-state index in [1.165, 1.54) is 11.3 Å². The van der Waals surface area contributed by atoms with Crippen molar-refractivity contribution in [3.8, 4) is 0 Å². The van der Waals surface area contributed by atoms with Gasteiger partial charge in [0.15, 0.2) is 5.96 Å². The Labute approximate surface area is 196 Å². The quantitative estimate of drug-likeness (QED) is 0.357. The van der Waals surface area contributed by atoms with E-state index in [-0.39, 0.29) is 24.0 Å². The fraction of sp³-hybridized carbons (Fsp3) is 0.545. The minimum absolute atomic E-state index is 0. The number of hydrogen-bond acceptors (Lipinski definition) is 5. The summed E-state index contributed by atoms with van der Waals surface area (Å²) in [5.74, 6) is 1.04. The molecule has 0 bridgehead atoms. The van der Waals surface area contributed by atoms with Gasteiger partial charge >= 0.3 is 0 Å². The molecule has 2 aromatic rings. The fourth-order valence-corrected chi connectivity index (χ4v) is 4.23. The van der Waals surface area contributed by atoms with Crippen molar-refractivity contribution in [3.63, 3.8) is 0 Å². The highest BCUT2D eigenvalue weighted by atomic mass is 127. The fourth-order valence-electron chi connectivity index (χ4n) is 4.23. The van der Waals surface area contributed by atoms with Crippen LogP contribution >= 0.6 is 24.0 Å². The maximum absolute atomic E-state index is 5.00. The average molecular weight is 524 g/mol. The van der Waals surface area contributed by atoms with Gasteiger partial charge in [-0.25, -0.2) is 0 Å². The van der Waals surface area contributed by atoms with Crippen molar-refractivity contribution in [1.82, 2.24) is 20.3 Å². The molecule has 2 aliphatic heterocycles. The van der Waals surface area contributed by atoms with E-state index in [0.717, 1.165) is 70.4 Å². The number of guanidine groups is 1. The second-order valence-electron chi connectivity index (χ2n) is 7.87. The van der Waals surface area contributed by atoms with E-state index in [2.05, 4.69) is 63.3 Å². The molecule has 2 aliphatic rings. The summed E-state index contributed by atoms with van der Waals surface area (Å²) in [5, 5.41) is 7.51. The van der Waals surface area contributed by atoms with Gasteiger partial charge in [-0.15, -0.1) is 24.0 Å². The van der Waals surface area contributed by atoms with E-state index in [9.17, 15) is 0 Å². The van der Waals surface area contributed by atoms with Crippen LogP contribution in [-0.2, 0) is 13.0 Å². The van der Waals surface area contributed by atoms with Crippen LogP contribution in [0.1, 0.15) is 25.1 Å². The summed E-state index contributed by atoms with van der Waals surface area (Å²) in [6.07, 6.45) is 2.78. The molecular weight excluding hydrogens is 491 g/mol. The molecule has 1 aromatic heterocycles. The van der Waals surface area contributed by atoms with Gasteiger partial charge in [0, 0.05) is 63.6 Å². The standard InChI is InChI=1S/C22H32N6O.HI/c1-3-23-22(27-13-11-26(12-14-27)17-20-9-15-29-25-20)24-16-18(2)28-10-8-19-6-4-5-7-21(19)28;/h4-7,9,15,18H,3,8,10-14,16-17H2,1-2H3,(H,23,24);1H. The summed E-state index contributed by atoms with van der Waals surface area (Å²) in [5.41, 5.74) is 3.83. The molecule has 0 amide bonds. The number of anilines is 1. The van der Waals surface area contributed by atoms with Gasteiger partial charge in [0.05, 0.1) is 12.2 Å². The molecule has 0 radical (unpaired) electrons. The van der Waals surface area contributed by atoms with Gasteiger partial charge in [-0.3, -0.25) is 9.89 Å². The van der Waals surface area contributed by atoms with Gasteiger partial charge in [0.1, 0.15) is 6.26 Å². The molecule has 0 spiro atoms. The maximum atomic E-state index is 5.00. The molecule has 164 valence electrons. The van der Waals surface area contributed by atoms with Gasteiger partial charge in [0.2, 0.25) is 0 Å². The number of para-hydroxylation sites is 1. The summed E-state index contributed by atoms with van der Waals surface area (Å²) in [6.45, 7) is 12.0. The lowest BCUT2D eigenvalue weighted by atomic mass is 10.2. The van der Waals surface area contributed by atoms with Crippen LogP contribution < -0.4 is 10.2 Å². The minimum Gasteiger partial charge on any atom is -0.366 e. The molecule has 1 fully saturated rings. The smallest absolute Gasteiger partial charge is 0.194 e. The van der Waals surface area contributed by atoms with Crippen molar-refractivity contribution in [3.05, 3.63) is 47.9 Å². The predicted octanol–water partition coefficient (Wildman–Crippen LogP) is 2.83. The van der Waals surface area contributed by atoms with E-state index < -0.39 is 0 Å². The van der Waals surface area contributed by atoms with Crippen molar-refractivity contribution >= 4 is 35.6 Å².